The second-order valence-corrected chi connectivity index (χ2v) is 5.82. The molecule has 1 aliphatic carbocycles. The van der Waals surface area contributed by atoms with Gasteiger partial charge in [0, 0.05) is 12.8 Å². The first-order valence-corrected chi connectivity index (χ1v) is 7.29. The predicted octanol–water partition coefficient (Wildman–Crippen LogP) is 3.70. The summed E-state index contributed by atoms with van der Waals surface area (Å²) in [5.74, 6) is 0.0520. The van der Waals surface area contributed by atoms with E-state index in [0.717, 1.165) is 51.6 Å². The summed E-state index contributed by atoms with van der Waals surface area (Å²) in [6, 6.07) is 0. The highest BCUT2D eigenvalue weighted by atomic mass is 19.4. The van der Waals surface area contributed by atoms with Crippen molar-refractivity contribution < 1.29 is 18.0 Å². The number of carbonyl (C=O) groups excluding carboxylic acids is 1. The standard InChI is InChI=1S/C14H22F3NO/c15-14(16,17)9-5-6-12(19)13(7-1-2-8-13)18-10-3-4-11-18/h1-11H2. The monoisotopic (exact) mass is 277 g/mol. The summed E-state index contributed by atoms with van der Waals surface area (Å²) in [5.41, 5.74) is -0.415. The third-order valence-electron chi connectivity index (χ3n) is 4.53. The smallest absolute Gasteiger partial charge is 0.298 e. The number of nitrogens with zero attached hydrogens (tertiary/aromatic N) is 1. The van der Waals surface area contributed by atoms with Gasteiger partial charge in [-0.3, -0.25) is 9.69 Å². The SMILES string of the molecule is O=C(CCCC(F)(F)F)C1(N2CCCC2)CCCC1. The van der Waals surface area contributed by atoms with E-state index in [2.05, 4.69) is 4.90 Å². The van der Waals surface area contributed by atoms with Crippen molar-refractivity contribution in [3.63, 3.8) is 0 Å². The van der Waals surface area contributed by atoms with Crippen LogP contribution in [0.4, 0.5) is 13.2 Å². The van der Waals surface area contributed by atoms with Crippen LogP contribution in [0.2, 0.25) is 0 Å². The zero-order valence-electron chi connectivity index (χ0n) is 11.3. The van der Waals surface area contributed by atoms with E-state index in [4.69, 9.17) is 0 Å². The Balaban J connectivity index is 1.93. The first kappa shape index (κ1) is 14.8. The van der Waals surface area contributed by atoms with Crippen LogP contribution in [0.15, 0.2) is 0 Å². The quantitative estimate of drug-likeness (QED) is 0.763. The Morgan fingerprint density at radius 2 is 1.63 bits per heavy atom. The molecular weight excluding hydrogens is 255 g/mol. The van der Waals surface area contributed by atoms with Crippen LogP contribution in [0, 0.1) is 0 Å². The predicted molar refractivity (Wildman–Crippen MR) is 66.9 cm³/mol. The fourth-order valence-corrected chi connectivity index (χ4v) is 3.56. The molecular formula is C14H22F3NO. The molecule has 2 rings (SSSR count). The zero-order valence-corrected chi connectivity index (χ0v) is 11.3. The van der Waals surface area contributed by atoms with Gasteiger partial charge in [0.1, 0.15) is 0 Å². The van der Waals surface area contributed by atoms with Crippen molar-refractivity contribution in [2.24, 2.45) is 0 Å². The Morgan fingerprint density at radius 1 is 1.05 bits per heavy atom. The summed E-state index contributed by atoms with van der Waals surface area (Å²) in [6.45, 7) is 1.87. The molecule has 0 spiro atoms. The van der Waals surface area contributed by atoms with Gasteiger partial charge in [-0.2, -0.15) is 13.2 Å². The molecule has 2 aliphatic rings. The fourth-order valence-electron chi connectivity index (χ4n) is 3.56. The average Bonchev–Trinajstić information content (AvgIpc) is 2.99. The maximum absolute atomic E-state index is 12.4. The number of Topliss-reactive ketones (excluding diaryl/α,β-unsaturated/α-hetero) is 1. The topological polar surface area (TPSA) is 20.3 Å². The summed E-state index contributed by atoms with van der Waals surface area (Å²) >= 11 is 0. The van der Waals surface area contributed by atoms with E-state index < -0.39 is 18.1 Å². The first-order chi connectivity index (χ1) is 8.94. The number of rotatable bonds is 5. The lowest BCUT2D eigenvalue weighted by atomic mass is 9.87. The van der Waals surface area contributed by atoms with Crippen LogP contribution in [0.3, 0.4) is 0 Å². The molecule has 0 atom stereocenters. The first-order valence-electron chi connectivity index (χ1n) is 7.29. The molecule has 0 unspecified atom stereocenters. The van der Waals surface area contributed by atoms with Crippen molar-refractivity contribution in [3.8, 4) is 0 Å². The molecule has 0 aromatic heterocycles. The van der Waals surface area contributed by atoms with Gasteiger partial charge in [0.25, 0.3) is 0 Å². The third-order valence-corrected chi connectivity index (χ3v) is 4.53. The van der Waals surface area contributed by atoms with Crippen molar-refractivity contribution in [1.29, 1.82) is 0 Å². The molecule has 0 amide bonds. The molecule has 2 fully saturated rings. The molecule has 0 bridgehead atoms. The average molecular weight is 277 g/mol. The van der Waals surface area contributed by atoms with Gasteiger partial charge in [0.05, 0.1) is 5.54 Å². The molecule has 0 N–H and O–H groups in total. The zero-order chi connectivity index (χ0) is 13.9. The van der Waals surface area contributed by atoms with Crippen LogP contribution < -0.4 is 0 Å². The lowest BCUT2D eigenvalue weighted by molar-refractivity contribution is -0.139. The van der Waals surface area contributed by atoms with E-state index in [1.165, 1.54) is 0 Å². The van der Waals surface area contributed by atoms with Gasteiger partial charge in [-0.25, -0.2) is 0 Å². The summed E-state index contributed by atoms with van der Waals surface area (Å²) in [6.07, 6.45) is 1.01. The number of carbonyl (C=O) groups is 1. The Kier molecular flexibility index (Phi) is 4.54. The number of alkyl halides is 3. The largest absolute Gasteiger partial charge is 0.389 e. The minimum atomic E-state index is -4.14. The van der Waals surface area contributed by atoms with Gasteiger partial charge in [0.2, 0.25) is 0 Å². The van der Waals surface area contributed by atoms with Crippen LogP contribution in [-0.4, -0.2) is 35.5 Å². The van der Waals surface area contributed by atoms with Crippen molar-refractivity contribution in [1.82, 2.24) is 4.90 Å². The fraction of sp³-hybridized carbons (Fsp3) is 0.929. The molecule has 1 saturated carbocycles. The van der Waals surface area contributed by atoms with Crippen molar-refractivity contribution in [3.05, 3.63) is 0 Å². The summed E-state index contributed by atoms with van der Waals surface area (Å²) < 4.78 is 36.5. The van der Waals surface area contributed by atoms with Gasteiger partial charge < -0.3 is 0 Å². The van der Waals surface area contributed by atoms with Crippen LogP contribution >= 0.6 is 0 Å². The van der Waals surface area contributed by atoms with Gasteiger partial charge in [-0.1, -0.05) is 12.8 Å². The van der Waals surface area contributed by atoms with E-state index in [1.54, 1.807) is 0 Å². The minimum Gasteiger partial charge on any atom is -0.298 e. The minimum absolute atomic E-state index is 0.0520. The summed E-state index contributed by atoms with van der Waals surface area (Å²) in [5, 5.41) is 0. The molecule has 1 aliphatic heterocycles. The Bertz CT molecular complexity index is 315. The van der Waals surface area contributed by atoms with Crippen molar-refractivity contribution >= 4 is 5.78 Å². The Morgan fingerprint density at radius 3 is 2.16 bits per heavy atom. The number of hydrogen-bond donors (Lipinski definition) is 0. The van der Waals surface area contributed by atoms with Crippen LogP contribution in [0.25, 0.3) is 0 Å². The number of ketones is 1. The molecule has 19 heavy (non-hydrogen) atoms. The van der Waals surface area contributed by atoms with E-state index in [1.807, 2.05) is 0 Å². The molecule has 5 heteroatoms. The lowest BCUT2D eigenvalue weighted by Crippen LogP contribution is -2.51. The molecule has 0 radical (unpaired) electrons. The Hall–Kier alpha value is -0.580. The van der Waals surface area contributed by atoms with Crippen LogP contribution in [-0.2, 0) is 4.79 Å². The highest BCUT2D eigenvalue weighted by Crippen LogP contribution is 2.39. The summed E-state index contributed by atoms with van der Waals surface area (Å²) in [7, 11) is 0. The molecule has 1 saturated heterocycles. The van der Waals surface area contributed by atoms with Gasteiger partial charge >= 0.3 is 6.18 Å². The lowest BCUT2D eigenvalue weighted by Gasteiger charge is -2.37. The van der Waals surface area contributed by atoms with Crippen LogP contribution in [0.5, 0.6) is 0 Å². The van der Waals surface area contributed by atoms with Gasteiger partial charge in [-0.15, -0.1) is 0 Å². The third kappa shape index (κ3) is 3.50. The number of halogens is 3. The van der Waals surface area contributed by atoms with Crippen molar-refractivity contribution in [2.75, 3.05) is 13.1 Å². The highest BCUT2D eigenvalue weighted by molar-refractivity contribution is 5.88. The van der Waals surface area contributed by atoms with Crippen molar-refractivity contribution in [2.45, 2.75) is 69.5 Å². The highest BCUT2D eigenvalue weighted by Gasteiger charge is 2.46. The normalized spacial score (nSPS) is 23.9. The van der Waals surface area contributed by atoms with E-state index in [9.17, 15) is 18.0 Å². The summed E-state index contributed by atoms with van der Waals surface area (Å²) in [4.78, 5) is 14.7. The second kappa shape index (κ2) is 5.81. The number of likely N-dealkylation sites (tertiary alicyclic amines) is 1. The molecule has 2 nitrogen and oxygen atoms in total. The van der Waals surface area contributed by atoms with Gasteiger partial charge in [0.15, 0.2) is 5.78 Å². The molecule has 0 aromatic rings. The second-order valence-electron chi connectivity index (χ2n) is 5.82. The van der Waals surface area contributed by atoms with Crippen LogP contribution in [0.1, 0.15) is 57.8 Å². The molecule has 1 heterocycles. The van der Waals surface area contributed by atoms with E-state index in [-0.39, 0.29) is 18.6 Å². The maximum Gasteiger partial charge on any atom is 0.389 e. The number of hydrogen-bond acceptors (Lipinski definition) is 2. The Labute approximate surface area is 112 Å². The van der Waals surface area contributed by atoms with E-state index >= 15 is 0 Å². The molecule has 0 aromatic carbocycles. The van der Waals surface area contributed by atoms with E-state index in [0.29, 0.717) is 0 Å². The van der Waals surface area contributed by atoms with Gasteiger partial charge in [-0.05, 0) is 45.2 Å². The molecule has 110 valence electrons. The maximum atomic E-state index is 12.4.